The second-order valence-corrected chi connectivity index (χ2v) is 6.58. The van der Waals surface area contributed by atoms with Gasteiger partial charge in [0.25, 0.3) is 0 Å². The largest absolute Gasteiger partial charge is 0.394 e. The number of aliphatic hydroxyl groups excluding tert-OH is 6. The number of amides is 1. The zero-order chi connectivity index (χ0) is 19.6. The maximum absolute atomic E-state index is 11.5. The van der Waals surface area contributed by atoms with Gasteiger partial charge in [0, 0.05) is 6.92 Å². The molecule has 152 valence electrons. The predicted octanol–water partition coefficient (Wildman–Crippen LogP) is -4.18. The molecule has 26 heavy (non-hydrogen) atoms. The Kier molecular flexibility index (Phi) is 7.30. The van der Waals surface area contributed by atoms with Gasteiger partial charge < -0.3 is 50.2 Å². The summed E-state index contributed by atoms with van der Waals surface area (Å²) in [6.07, 6.45) is -11.7. The molecule has 11 heteroatoms. The highest BCUT2D eigenvalue weighted by molar-refractivity contribution is 5.73. The van der Waals surface area contributed by atoms with Crippen LogP contribution in [0.3, 0.4) is 0 Å². The Morgan fingerprint density at radius 1 is 0.962 bits per heavy atom. The fourth-order valence-electron chi connectivity index (χ4n) is 3.22. The summed E-state index contributed by atoms with van der Waals surface area (Å²) in [6.45, 7) is 1.74. The first kappa shape index (κ1) is 21.4. The van der Waals surface area contributed by atoms with Crippen molar-refractivity contribution in [2.24, 2.45) is 0 Å². The van der Waals surface area contributed by atoms with Crippen molar-refractivity contribution in [3.63, 3.8) is 0 Å². The first-order chi connectivity index (χ1) is 12.2. The molecule has 0 aromatic rings. The molecule has 0 saturated carbocycles. The first-order valence-corrected chi connectivity index (χ1v) is 8.38. The number of carbonyl (C=O) groups excluding carboxylic acids is 1. The zero-order valence-electron chi connectivity index (χ0n) is 14.5. The van der Waals surface area contributed by atoms with Crippen LogP contribution in [0.2, 0.25) is 0 Å². The Morgan fingerprint density at radius 3 is 2.08 bits per heavy atom. The minimum absolute atomic E-state index is 0.414. The first-order valence-electron chi connectivity index (χ1n) is 8.38. The molecule has 2 aliphatic heterocycles. The molecule has 2 saturated heterocycles. The maximum atomic E-state index is 11.5. The van der Waals surface area contributed by atoms with Crippen molar-refractivity contribution in [1.29, 1.82) is 0 Å². The monoisotopic (exact) mass is 381 g/mol. The van der Waals surface area contributed by atoms with E-state index in [4.69, 9.17) is 14.2 Å². The highest BCUT2D eigenvalue weighted by Gasteiger charge is 2.50. The van der Waals surface area contributed by atoms with E-state index in [9.17, 15) is 35.4 Å². The van der Waals surface area contributed by atoms with Gasteiger partial charge in [0.15, 0.2) is 6.29 Å². The van der Waals surface area contributed by atoms with Crippen molar-refractivity contribution in [3.05, 3.63) is 0 Å². The van der Waals surface area contributed by atoms with Crippen molar-refractivity contribution < 1.29 is 49.6 Å². The number of ether oxygens (including phenoxy) is 3. The minimum atomic E-state index is -1.66. The zero-order valence-corrected chi connectivity index (χ0v) is 14.5. The Balaban J connectivity index is 2.21. The molecule has 0 spiro atoms. The van der Waals surface area contributed by atoms with Crippen LogP contribution in [-0.2, 0) is 19.0 Å². The lowest BCUT2D eigenvalue weighted by molar-refractivity contribution is -0.331. The smallest absolute Gasteiger partial charge is 0.217 e. The summed E-state index contributed by atoms with van der Waals surface area (Å²) in [4.78, 5) is 11.5. The van der Waals surface area contributed by atoms with Crippen LogP contribution in [0.4, 0.5) is 0 Å². The summed E-state index contributed by atoms with van der Waals surface area (Å²) in [5.41, 5.74) is 0. The highest BCUT2D eigenvalue weighted by atomic mass is 16.7. The number of hydrogen-bond donors (Lipinski definition) is 7. The van der Waals surface area contributed by atoms with Crippen molar-refractivity contribution in [3.8, 4) is 0 Å². The van der Waals surface area contributed by atoms with Crippen LogP contribution in [-0.4, -0.2) is 111 Å². The summed E-state index contributed by atoms with van der Waals surface area (Å²) < 4.78 is 16.4. The molecule has 2 fully saturated rings. The fourth-order valence-corrected chi connectivity index (χ4v) is 3.22. The molecule has 10 unspecified atom stereocenters. The fraction of sp³-hybridized carbons (Fsp3) is 0.933. The van der Waals surface area contributed by atoms with E-state index in [1.807, 2.05) is 0 Å². The highest BCUT2D eigenvalue weighted by Crippen LogP contribution is 2.29. The van der Waals surface area contributed by atoms with Gasteiger partial charge in [-0.3, -0.25) is 4.79 Å². The Labute approximate surface area is 150 Å². The summed E-state index contributed by atoms with van der Waals surface area (Å²) in [5.74, 6) is -0.414. The van der Waals surface area contributed by atoms with E-state index in [1.165, 1.54) is 6.92 Å². The van der Waals surface area contributed by atoms with Crippen LogP contribution >= 0.6 is 0 Å². The van der Waals surface area contributed by atoms with Gasteiger partial charge in [-0.15, -0.1) is 0 Å². The number of hydrogen-bond acceptors (Lipinski definition) is 10. The third-order valence-corrected chi connectivity index (χ3v) is 4.66. The SMILES string of the molecule is CC(=O)NC1C(C)OC(CO)C(O)C1OC1OC(CO)C(O)C(O)C1O. The number of carbonyl (C=O) groups is 1. The van der Waals surface area contributed by atoms with Gasteiger partial charge in [0.05, 0.1) is 25.4 Å². The summed E-state index contributed by atoms with van der Waals surface area (Å²) in [5, 5.41) is 61.4. The standard InChI is InChI=1S/C15H27NO10/c1-5-9(16-6(2)19)14(11(21)8(4-18)24-5)26-15-13(23)12(22)10(20)7(3-17)25-15/h5,7-15,17-18,20-23H,3-4H2,1-2H3,(H,16,19). The molecule has 2 aliphatic rings. The lowest BCUT2D eigenvalue weighted by atomic mass is 9.92. The second kappa shape index (κ2) is 8.87. The number of aliphatic hydroxyl groups is 6. The average molecular weight is 381 g/mol. The molecule has 0 bridgehead atoms. The van der Waals surface area contributed by atoms with Crippen molar-refractivity contribution in [2.75, 3.05) is 13.2 Å². The molecule has 0 aromatic carbocycles. The molecular weight excluding hydrogens is 354 g/mol. The van der Waals surface area contributed by atoms with Gasteiger partial charge in [-0.05, 0) is 6.92 Å². The Morgan fingerprint density at radius 2 is 1.54 bits per heavy atom. The van der Waals surface area contributed by atoms with Gasteiger partial charge in [-0.1, -0.05) is 0 Å². The summed E-state index contributed by atoms with van der Waals surface area (Å²) in [7, 11) is 0. The molecule has 0 aromatic heterocycles. The van der Waals surface area contributed by atoms with E-state index in [2.05, 4.69) is 5.32 Å². The number of rotatable bonds is 5. The Hall–Kier alpha value is -0.890. The third-order valence-electron chi connectivity index (χ3n) is 4.66. The molecule has 7 N–H and O–H groups in total. The van der Waals surface area contributed by atoms with Gasteiger partial charge in [-0.2, -0.15) is 0 Å². The van der Waals surface area contributed by atoms with Crippen molar-refractivity contribution in [2.45, 2.75) is 75.0 Å². The van der Waals surface area contributed by atoms with Crippen molar-refractivity contribution >= 4 is 5.91 Å². The molecule has 2 heterocycles. The minimum Gasteiger partial charge on any atom is -0.394 e. The number of nitrogens with one attached hydrogen (secondary N) is 1. The van der Waals surface area contributed by atoms with Crippen LogP contribution in [0.15, 0.2) is 0 Å². The molecule has 0 aliphatic carbocycles. The second-order valence-electron chi connectivity index (χ2n) is 6.58. The van der Waals surface area contributed by atoms with Crippen LogP contribution in [0, 0.1) is 0 Å². The van der Waals surface area contributed by atoms with Crippen LogP contribution in [0.1, 0.15) is 13.8 Å². The van der Waals surface area contributed by atoms with Crippen LogP contribution in [0.5, 0.6) is 0 Å². The van der Waals surface area contributed by atoms with E-state index in [-0.39, 0.29) is 0 Å². The average Bonchev–Trinajstić information content (AvgIpc) is 2.60. The van der Waals surface area contributed by atoms with Crippen molar-refractivity contribution in [1.82, 2.24) is 5.32 Å². The van der Waals surface area contributed by atoms with E-state index in [0.717, 1.165) is 0 Å². The Bertz CT molecular complexity index is 477. The predicted molar refractivity (Wildman–Crippen MR) is 83.7 cm³/mol. The molecule has 0 radical (unpaired) electrons. The molecule has 10 atom stereocenters. The molecule has 2 rings (SSSR count). The lowest BCUT2D eigenvalue weighted by Gasteiger charge is -2.47. The summed E-state index contributed by atoms with van der Waals surface area (Å²) >= 11 is 0. The van der Waals surface area contributed by atoms with E-state index >= 15 is 0 Å². The van der Waals surface area contributed by atoms with Gasteiger partial charge in [-0.25, -0.2) is 0 Å². The lowest BCUT2D eigenvalue weighted by Crippen LogP contribution is -2.67. The van der Waals surface area contributed by atoms with E-state index in [1.54, 1.807) is 6.92 Å². The topological polar surface area (TPSA) is 178 Å². The third kappa shape index (κ3) is 4.32. The van der Waals surface area contributed by atoms with E-state index in [0.29, 0.717) is 0 Å². The van der Waals surface area contributed by atoms with Gasteiger partial charge in [0.1, 0.15) is 42.7 Å². The molecular formula is C15H27NO10. The van der Waals surface area contributed by atoms with Gasteiger partial charge >= 0.3 is 0 Å². The quantitative estimate of drug-likeness (QED) is 0.247. The van der Waals surface area contributed by atoms with Gasteiger partial charge in [0.2, 0.25) is 5.91 Å². The van der Waals surface area contributed by atoms with Crippen LogP contribution < -0.4 is 5.32 Å². The molecule has 1 amide bonds. The van der Waals surface area contributed by atoms with Crippen LogP contribution in [0.25, 0.3) is 0 Å². The van der Waals surface area contributed by atoms with E-state index < -0.39 is 80.3 Å². The normalized spacial score (nSPS) is 46.8. The summed E-state index contributed by atoms with van der Waals surface area (Å²) in [6, 6.07) is -0.835. The molecule has 11 nitrogen and oxygen atoms in total. The maximum Gasteiger partial charge on any atom is 0.217 e.